The summed E-state index contributed by atoms with van der Waals surface area (Å²) in [5.74, 6) is 2.17. The van der Waals surface area contributed by atoms with Gasteiger partial charge in [-0.3, -0.25) is 4.99 Å². The molecule has 0 amide bonds. The van der Waals surface area contributed by atoms with Crippen molar-refractivity contribution in [3.8, 4) is 11.5 Å². The van der Waals surface area contributed by atoms with Gasteiger partial charge in [-0.05, 0) is 17.7 Å². The lowest BCUT2D eigenvalue weighted by Crippen LogP contribution is -2.50. The largest absolute Gasteiger partial charge is 0.493 e. The van der Waals surface area contributed by atoms with Crippen molar-refractivity contribution >= 4 is 5.96 Å². The Morgan fingerprint density at radius 1 is 1.12 bits per heavy atom. The van der Waals surface area contributed by atoms with Crippen molar-refractivity contribution in [3.63, 3.8) is 0 Å². The molecule has 2 N–H and O–H groups in total. The molecule has 1 aromatic carbocycles. The molecule has 7 heteroatoms. The second kappa shape index (κ2) is 9.48. The summed E-state index contributed by atoms with van der Waals surface area (Å²) in [4.78, 5) is 4.28. The molecule has 0 unspecified atom stereocenters. The molecule has 0 radical (unpaired) electrons. The third-order valence-electron chi connectivity index (χ3n) is 4.55. The van der Waals surface area contributed by atoms with E-state index in [0.29, 0.717) is 18.8 Å². The summed E-state index contributed by atoms with van der Waals surface area (Å²) in [5, 5.41) is 6.67. The molecule has 2 rings (SSSR count). The maximum absolute atomic E-state index is 5.74. The number of hydrogen-bond donors (Lipinski definition) is 2. The Hall–Kier alpha value is -1.99. The van der Waals surface area contributed by atoms with Crippen molar-refractivity contribution in [1.29, 1.82) is 0 Å². The molecule has 1 fully saturated rings. The minimum atomic E-state index is -0.195. The van der Waals surface area contributed by atoms with Crippen molar-refractivity contribution in [2.24, 2.45) is 4.99 Å². The molecular formula is C18H29N3O4. The van der Waals surface area contributed by atoms with Gasteiger partial charge in [0.2, 0.25) is 0 Å². The van der Waals surface area contributed by atoms with Gasteiger partial charge in [0, 0.05) is 53.3 Å². The number of aliphatic imine (C=N–C) groups is 1. The summed E-state index contributed by atoms with van der Waals surface area (Å²) in [6.07, 6.45) is 1.76. The topological polar surface area (TPSA) is 73.3 Å². The molecule has 1 heterocycles. The predicted octanol–water partition coefficient (Wildman–Crippen LogP) is 1.56. The van der Waals surface area contributed by atoms with Gasteiger partial charge in [0.25, 0.3) is 0 Å². The molecule has 0 atom stereocenters. The van der Waals surface area contributed by atoms with Crippen LogP contribution in [0.2, 0.25) is 0 Å². The molecule has 1 aliphatic rings. The molecule has 7 nitrogen and oxygen atoms in total. The minimum Gasteiger partial charge on any atom is -0.493 e. The van der Waals surface area contributed by atoms with Crippen LogP contribution in [0.1, 0.15) is 18.4 Å². The lowest BCUT2D eigenvalue weighted by molar-refractivity contribution is -0.0855. The highest BCUT2D eigenvalue weighted by Crippen LogP contribution is 2.27. The standard InChI is InChI=1S/C18H29N3O4/c1-19-17(21-13-18(24-4)7-9-25-10-8-18)20-12-14-5-6-15(22-2)16(11-14)23-3/h5-6,11H,7-10,12-13H2,1-4H3,(H2,19,20,21). The quantitative estimate of drug-likeness (QED) is 0.574. The summed E-state index contributed by atoms with van der Waals surface area (Å²) in [6.45, 7) is 2.78. The van der Waals surface area contributed by atoms with E-state index >= 15 is 0 Å². The number of hydrogen-bond acceptors (Lipinski definition) is 5. The highest BCUT2D eigenvalue weighted by atomic mass is 16.5. The Morgan fingerprint density at radius 3 is 2.44 bits per heavy atom. The number of nitrogens with zero attached hydrogens (tertiary/aromatic N) is 1. The summed E-state index contributed by atoms with van der Waals surface area (Å²) >= 11 is 0. The van der Waals surface area contributed by atoms with Crippen LogP contribution in [0.4, 0.5) is 0 Å². The van der Waals surface area contributed by atoms with Gasteiger partial charge in [-0.2, -0.15) is 0 Å². The lowest BCUT2D eigenvalue weighted by Gasteiger charge is -2.36. The molecular weight excluding hydrogens is 322 g/mol. The summed E-state index contributed by atoms with van der Waals surface area (Å²) in [6, 6.07) is 5.85. The molecule has 1 aromatic rings. The highest BCUT2D eigenvalue weighted by molar-refractivity contribution is 5.79. The molecule has 0 aromatic heterocycles. The van der Waals surface area contributed by atoms with Crippen molar-refractivity contribution in [3.05, 3.63) is 23.8 Å². The zero-order chi connectivity index (χ0) is 18.1. The summed E-state index contributed by atoms with van der Waals surface area (Å²) < 4.78 is 21.8. The third-order valence-corrected chi connectivity index (χ3v) is 4.55. The summed E-state index contributed by atoms with van der Waals surface area (Å²) in [7, 11) is 6.78. The maximum atomic E-state index is 5.74. The Morgan fingerprint density at radius 2 is 1.84 bits per heavy atom. The smallest absolute Gasteiger partial charge is 0.191 e. The Kier molecular flexibility index (Phi) is 7.33. The Labute approximate surface area is 149 Å². The van der Waals surface area contributed by atoms with Crippen LogP contribution >= 0.6 is 0 Å². The van der Waals surface area contributed by atoms with E-state index in [4.69, 9.17) is 18.9 Å². The zero-order valence-electron chi connectivity index (χ0n) is 15.6. The van der Waals surface area contributed by atoms with E-state index in [1.54, 1.807) is 28.4 Å². The van der Waals surface area contributed by atoms with E-state index in [9.17, 15) is 0 Å². The molecule has 1 saturated heterocycles. The van der Waals surface area contributed by atoms with Crippen molar-refractivity contribution in [2.75, 3.05) is 48.1 Å². The SMILES string of the molecule is CN=C(NCc1ccc(OC)c(OC)c1)NCC1(OC)CCOCC1. The van der Waals surface area contributed by atoms with Gasteiger partial charge in [-0.15, -0.1) is 0 Å². The van der Waals surface area contributed by atoms with E-state index < -0.39 is 0 Å². The zero-order valence-corrected chi connectivity index (χ0v) is 15.6. The van der Waals surface area contributed by atoms with Crippen LogP contribution in [0.25, 0.3) is 0 Å². The third kappa shape index (κ3) is 5.24. The number of ether oxygens (including phenoxy) is 4. The number of rotatable bonds is 7. The van der Waals surface area contributed by atoms with Gasteiger partial charge >= 0.3 is 0 Å². The van der Waals surface area contributed by atoms with Crippen LogP contribution < -0.4 is 20.1 Å². The first-order valence-electron chi connectivity index (χ1n) is 8.44. The van der Waals surface area contributed by atoms with Crippen molar-refractivity contribution in [2.45, 2.75) is 25.0 Å². The summed E-state index contributed by atoms with van der Waals surface area (Å²) in [5.41, 5.74) is 0.882. The van der Waals surface area contributed by atoms with Crippen LogP contribution in [0.15, 0.2) is 23.2 Å². The van der Waals surface area contributed by atoms with E-state index in [2.05, 4.69) is 15.6 Å². The van der Waals surface area contributed by atoms with Crippen molar-refractivity contribution in [1.82, 2.24) is 10.6 Å². The number of nitrogens with one attached hydrogen (secondary N) is 2. The second-order valence-electron chi connectivity index (χ2n) is 5.97. The van der Waals surface area contributed by atoms with E-state index in [1.165, 1.54) is 0 Å². The normalized spacial score (nSPS) is 17.0. The number of guanidine groups is 1. The van der Waals surface area contributed by atoms with Crippen LogP contribution in [-0.4, -0.2) is 59.7 Å². The average molecular weight is 351 g/mol. The highest BCUT2D eigenvalue weighted by Gasteiger charge is 2.32. The van der Waals surface area contributed by atoms with Crippen LogP contribution in [0.3, 0.4) is 0 Å². The van der Waals surface area contributed by atoms with Crippen molar-refractivity contribution < 1.29 is 18.9 Å². The Bertz CT molecular complexity index is 571. The molecule has 140 valence electrons. The fourth-order valence-electron chi connectivity index (χ4n) is 2.84. The molecule has 0 aliphatic carbocycles. The Balaban J connectivity index is 1.90. The van der Waals surface area contributed by atoms with Gasteiger partial charge in [0.15, 0.2) is 17.5 Å². The van der Waals surface area contributed by atoms with Gasteiger partial charge in [-0.25, -0.2) is 0 Å². The van der Waals surface area contributed by atoms with E-state index in [-0.39, 0.29) is 5.60 Å². The van der Waals surface area contributed by atoms with Crippen LogP contribution in [0, 0.1) is 0 Å². The molecule has 25 heavy (non-hydrogen) atoms. The lowest BCUT2D eigenvalue weighted by atomic mass is 9.94. The molecule has 0 bridgehead atoms. The number of benzene rings is 1. The maximum Gasteiger partial charge on any atom is 0.191 e. The second-order valence-corrected chi connectivity index (χ2v) is 5.97. The van der Waals surface area contributed by atoms with Gasteiger partial charge in [0.05, 0.1) is 19.8 Å². The fraction of sp³-hybridized carbons (Fsp3) is 0.611. The molecule has 0 spiro atoms. The first-order valence-corrected chi connectivity index (χ1v) is 8.44. The molecule has 1 aliphatic heterocycles. The number of methoxy groups -OCH3 is 3. The van der Waals surface area contributed by atoms with E-state index in [1.807, 2.05) is 18.2 Å². The van der Waals surface area contributed by atoms with E-state index in [0.717, 1.165) is 43.3 Å². The first-order chi connectivity index (χ1) is 12.2. The predicted molar refractivity (Wildman–Crippen MR) is 97.5 cm³/mol. The van der Waals surface area contributed by atoms with Gasteiger partial charge in [0.1, 0.15) is 0 Å². The van der Waals surface area contributed by atoms with Gasteiger partial charge in [-0.1, -0.05) is 6.07 Å². The molecule has 0 saturated carbocycles. The van der Waals surface area contributed by atoms with Gasteiger partial charge < -0.3 is 29.6 Å². The van der Waals surface area contributed by atoms with Crippen LogP contribution in [0.5, 0.6) is 11.5 Å². The average Bonchev–Trinajstić information content (AvgIpc) is 2.68. The first kappa shape index (κ1) is 19.3. The fourth-order valence-corrected chi connectivity index (χ4v) is 2.84. The van der Waals surface area contributed by atoms with Crippen LogP contribution in [-0.2, 0) is 16.0 Å². The monoisotopic (exact) mass is 351 g/mol. The minimum absolute atomic E-state index is 0.195.